The van der Waals surface area contributed by atoms with Gasteiger partial charge in [-0.15, -0.1) is 0 Å². The molecule has 0 saturated heterocycles. The fourth-order valence-electron chi connectivity index (χ4n) is 2.55. The van der Waals surface area contributed by atoms with E-state index in [1.807, 2.05) is 0 Å². The second-order valence-corrected chi connectivity index (χ2v) is 5.39. The lowest BCUT2D eigenvalue weighted by Crippen LogP contribution is -2.15. The molecule has 0 bridgehead atoms. The summed E-state index contributed by atoms with van der Waals surface area (Å²) in [4.78, 5) is 37.3. The number of anilines is 1. The van der Waals surface area contributed by atoms with Crippen molar-refractivity contribution in [3.8, 4) is 0 Å². The zero-order chi connectivity index (χ0) is 17.3. The van der Waals surface area contributed by atoms with Crippen LogP contribution in [0.3, 0.4) is 0 Å². The number of ketones is 1. The molecule has 7 heteroatoms. The van der Waals surface area contributed by atoms with Crippen LogP contribution < -0.4 is 5.32 Å². The topological polar surface area (TPSA) is 105 Å². The Bertz CT molecular complexity index is 821. The number of nitro groups is 1. The summed E-state index contributed by atoms with van der Waals surface area (Å²) in [6.07, 6.45) is 0. The van der Waals surface area contributed by atoms with Crippen molar-refractivity contribution in [2.75, 3.05) is 5.32 Å². The Morgan fingerprint density at radius 3 is 2.39 bits per heavy atom. The Morgan fingerprint density at radius 2 is 1.87 bits per heavy atom. The van der Waals surface area contributed by atoms with Gasteiger partial charge in [-0.3, -0.25) is 19.7 Å². The van der Waals surface area contributed by atoms with Crippen LogP contribution in [0, 0.1) is 30.9 Å². The van der Waals surface area contributed by atoms with E-state index in [4.69, 9.17) is 0 Å². The third kappa shape index (κ3) is 3.13. The van der Waals surface area contributed by atoms with Crippen LogP contribution in [-0.2, 0) is 0 Å². The molecule has 2 N–H and O–H groups in total. The monoisotopic (exact) mass is 315 g/mol. The number of amides is 1. The van der Waals surface area contributed by atoms with Gasteiger partial charge in [-0.05, 0) is 38.8 Å². The second-order valence-electron chi connectivity index (χ2n) is 5.39. The zero-order valence-corrected chi connectivity index (χ0v) is 13.3. The lowest BCUT2D eigenvalue weighted by atomic mass is 10.1. The minimum atomic E-state index is -0.521. The Balaban J connectivity index is 2.37. The summed E-state index contributed by atoms with van der Waals surface area (Å²) in [6, 6.07) is 4.26. The zero-order valence-electron chi connectivity index (χ0n) is 13.3. The van der Waals surface area contributed by atoms with Crippen LogP contribution in [0.2, 0.25) is 0 Å². The number of H-pyrrole nitrogens is 1. The van der Waals surface area contributed by atoms with E-state index in [0.717, 1.165) is 0 Å². The molecule has 23 heavy (non-hydrogen) atoms. The van der Waals surface area contributed by atoms with Gasteiger partial charge in [-0.1, -0.05) is 6.07 Å². The van der Waals surface area contributed by atoms with Crippen LogP contribution in [0.15, 0.2) is 18.2 Å². The number of carbonyl (C=O) groups is 2. The number of non-ortho nitro benzene ring substituents is 1. The van der Waals surface area contributed by atoms with Crippen LogP contribution in [0.25, 0.3) is 0 Å². The van der Waals surface area contributed by atoms with Crippen LogP contribution in [0.5, 0.6) is 0 Å². The molecule has 1 aromatic heterocycles. The van der Waals surface area contributed by atoms with Crippen LogP contribution in [-0.4, -0.2) is 21.6 Å². The number of hydrogen-bond donors (Lipinski definition) is 2. The molecular formula is C16H17N3O4. The first-order valence-corrected chi connectivity index (χ1v) is 6.99. The van der Waals surface area contributed by atoms with Gasteiger partial charge in [0.05, 0.1) is 10.6 Å². The summed E-state index contributed by atoms with van der Waals surface area (Å²) in [5.74, 6) is -0.566. The van der Waals surface area contributed by atoms with Gasteiger partial charge in [0.15, 0.2) is 5.78 Å². The summed E-state index contributed by atoms with van der Waals surface area (Å²) < 4.78 is 0. The molecule has 1 aromatic carbocycles. The first kappa shape index (κ1) is 16.4. The van der Waals surface area contributed by atoms with Crippen molar-refractivity contribution in [2.24, 2.45) is 0 Å². The van der Waals surface area contributed by atoms with E-state index < -0.39 is 10.8 Å². The fourth-order valence-corrected chi connectivity index (χ4v) is 2.55. The van der Waals surface area contributed by atoms with Gasteiger partial charge in [0.1, 0.15) is 5.69 Å². The van der Waals surface area contributed by atoms with Gasteiger partial charge in [0, 0.05) is 23.4 Å². The maximum absolute atomic E-state index is 12.4. The largest absolute Gasteiger partial charge is 0.354 e. The van der Waals surface area contributed by atoms with Crippen molar-refractivity contribution in [3.05, 3.63) is 56.4 Å². The normalized spacial score (nSPS) is 10.4. The minimum absolute atomic E-state index is 0.102. The highest BCUT2D eigenvalue weighted by molar-refractivity contribution is 6.08. The maximum atomic E-state index is 12.4. The summed E-state index contributed by atoms with van der Waals surface area (Å²) in [5, 5.41) is 13.5. The molecule has 120 valence electrons. The van der Waals surface area contributed by atoms with E-state index in [0.29, 0.717) is 28.1 Å². The summed E-state index contributed by atoms with van der Waals surface area (Å²) >= 11 is 0. The smallest absolute Gasteiger partial charge is 0.272 e. The molecule has 0 spiro atoms. The Morgan fingerprint density at radius 1 is 1.22 bits per heavy atom. The van der Waals surface area contributed by atoms with Gasteiger partial charge >= 0.3 is 0 Å². The van der Waals surface area contributed by atoms with E-state index in [1.54, 1.807) is 26.8 Å². The summed E-state index contributed by atoms with van der Waals surface area (Å²) in [5.41, 5.74) is 2.92. The predicted octanol–water partition coefficient (Wildman–Crippen LogP) is 3.30. The van der Waals surface area contributed by atoms with Crippen molar-refractivity contribution in [1.82, 2.24) is 4.98 Å². The van der Waals surface area contributed by atoms with E-state index >= 15 is 0 Å². The highest BCUT2D eigenvalue weighted by Gasteiger charge is 2.20. The number of benzene rings is 1. The first-order chi connectivity index (χ1) is 10.7. The van der Waals surface area contributed by atoms with Crippen molar-refractivity contribution in [3.63, 3.8) is 0 Å². The molecule has 1 amide bonds. The number of Topliss-reactive ketones (excluding diaryl/α,β-unsaturated/α-hetero) is 1. The highest BCUT2D eigenvalue weighted by Crippen LogP contribution is 2.24. The van der Waals surface area contributed by atoms with E-state index in [9.17, 15) is 19.7 Å². The van der Waals surface area contributed by atoms with Crippen molar-refractivity contribution in [1.29, 1.82) is 0 Å². The third-order valence-electron chi connectivity index (χ3n) is 3.70. The number of nitrogens with zero attached hydrogens (tertiary/aromatic N) is 1. The molecule has 0 unspecified atom stereocenters. The van der Waals surface area contributed by atoms with Gasteiger partial charge in [-0.2, -0.15) is 0 Å². The molecule has 7 nitrogen and oxygen atoms in total. The average molecular weight is 315 g/mol. The number of hydrogen-bond acceptors (Lipinski definition) is 4. The Hall–Kier alpha value is -2.96. The predicted molar refractivity (Wildman–Crippen MR) is 86.1 cm³/mol. The minimum Gasteiger partial charge on any atom is -0.354 e. The van der Waals surface area contributed by atoms with Crippen LogP contribution >= 0.6 is 0 Å². The van der Waals surface area contributed by atoms with E-state index in [2.05, 4.69) is 10.3 Å². The molecule has 0 atom stereocenters. The van der Waals surface area contributed by atoms with E-state index in [-0.39, 0.29) is 17.2 Å². The number of rotatable bonds is 4. The van der Waals surface area contributed by atoms with Crippen molar-refractivity contribution >= 4 is 23.1 Å². The van der Waals surface area contributed by atoms with Crippen molar-refractivity contribution < 1.29 is 14.5 Å². The quantitative estimate of drug-likeness (QED) is 0.513. The number of aromatic nitrogens is 1. The van der Waals surface area contributed by atoms with Crippen LogP contribution in [0.1, 0.15) is 44.6 Å². The fraction of sp³-hybridized carbons (Fsp3) is 0.250. The lowest BCUT2D eigenvalue weighted by Gasteiger charge is -2.08. The van der Waals surface area contributed by atoms with Crippen molar-refractivity contribution in [2.45, 2.75) is 27.7 Å². The van der Waals surface area contributed by atoms with Gasteiger partial charge in [-0.25, -0.2) is 0 Å². The number of nitro benzene ring substituents is 1. The Labute approximate surface area is 132 Å². The number of aromatic amines is 1. The molecule has 0 radical (unpaired) electrons. The standard InChI is InChI=1S/C16H17N3O4/c1-8-5-6-12(19(22)23)7-13(8)18-16(21)15-9(2)14(11(4)20)10(3)17-15/h5-7,17H,1-4H3,(H,18,21). The Kier molecular flexibility index (Phi) is 4.31. The number of nitrogens with one attached hydrogen (secondary N) is 2. The van der Waals surface area contributed by atoms with Crippen LogP contribution in [0.4, 0.5) is 11.4 Å². The number of aryl methyl sites for hydroxylation is 2. The summed E-state index contributed by atoms with van der Waals surface area (Å²) in [6.45, 7) is 6.59. The second kappa shape index (κ2) is 6.04. The molecular weight excluding hydrogens is 298 g/mol. The molecule has 0 fully saturated rings. The molecule has 0 saturated carbocycles. The van der Waals surface area contributed by atoms with Gasteiger partial charge < -0.3 is 10.3 Å². The maximum Gasteiger partial charge on any atom is 0.272 e. The molecule has 0 aliphatic heterocycles. The number of carbonyl (C=O) groups excluding carboxylic acids is 2. The molecule has 0 aliphatic rings. The van der Waals surface area contributed by atoms with E-state index in [1.165, 1.54) is 19.1 Å². The molecule has 2 rings (SSSR count). The SMILES string of the molecule is CC(=O)c1c(C)[nH]c(C(=O)Nc2cc([N+](=O)[O-])ccc2C)c1C. The molecule has 2 aromatic rings. The molecule has 1 heterocycles. The van der Waals surface area contributed by atoms with Gasteiger partial charge in [0.25, 0.3) is 11.6 Å². The average Bonchev–Trinajstić information content (AvgIpc) is 2.76. The lowest BCUT2D eigenvalue weighted by molar-refractivity contribution is -0.384. The highest BCUT2D eigenvalue weighted by atomic mass is 16.6. The first-order valence-electron chi connectivity index (χ1n) is 6.99. The summed E-state index contributed by atoms with van der Waals surface area (Å²) in [7, 11) is 0. The molecule has 0 aliphatic carbocycles. The van der Waals surface area contributed by atoms with Gasteiger partial charge in [0.2, 0.25) is 0 Å². The third-order valence-corrected chi connectivity index (χ3v) is 3.70.